The van der Waals surface area contributed by atoms with Crippen LogP contribution in [0.15, 0.2) is 18.3 Å². The standard InChI is InChI=1S/C12H18N2O2.C5H11NO2/c1-15-14-11-8-5-9-13-12(11)16-10-6-3-2-4-7-10;1-5(2,3)8-4(6)7/h5,8-10,14H,2-4,6-7H2,1H3;1-3H3,(H2,6,7). The van der Waals surface area contributed by atoms with Crippen LogP contribution < -0.4 is 16.0 Å². The second kappa shape index (κ2) is 9.97. The number of carbonyl (C=O) groups is 1. The topological polar surface area (TPSA) is 95.7 Å². The Bertz CT molecular complexity index is 497. The normalized spacial score (nSPS) is 15.0. The third-order valence-electron chi connectivity index (χ3n) is 3.22. The van der Waals surface area contributed by atoms with E-state index in [0.29, 0.717) is 12.0 Å². The van der Waals surface area contributed by atoms with E-state index in [0.717, 1.165) is 18.5 Å². The lowest BCUT2D eigenvalue weighted by Gasteiger charge is -2.23. The Hall–Kier alpha value is -2.02. The van der Waals surface area contributed by atoms with E-state index >= 15 is 0 Å². The van der Waals surface area contributed by atoms with E-state index in [1.165, 1.54) is 19.3 Å². The van der Waals surface area contributed by atoms with Gasteiger partial charge < -0.3 is 15.2 Å². The van der Waals surface area contributed by atoms with Gasteiger partial charge in [-0.2, -0.15) is 0 Å². The van der Waals surface area contributed by atoms with Crippen LogP contribution in [0.1, 0.15) is 52.9 Å². The summed E-state index contributed by atoms with van der Waals surface area (Å²) in [5.41, 5.74) is 7.83. The van der Waals surface area contributed by atoms with Crippen LogP contribution in [-0.4, -0.2) is 29.9 Å². The van der Waals surface area contributed by atoms with Crippen LogP contribution in [0.5, 0.6) is 5.88 Å². The molecule has 0 unspecified atom stereocenters. The van der Waals surface area contributed by atoms with Gasteiger partial charge in [-0.15, -0.1) is 0 Å². The number of rotatable bonds is 4. The van der Waals surface area contributed by atoms with E-state index in [1.54, 1.807) is 34.1 Å². The van der Waals surface area contributed by atoms with E-state index in [-0.39, 0.29) is 0 Å². The first-order valence-electron chi connectivity index (χ1n) is 8.21. The number of carbonyl (C=O) groups excluding carboxylic acids is 1. The van der Waals surface area contributed by atoms with Crippen molar-refractivity contribution in [3.63, 3.8) is 0 Å². The van der Waals surface area contributed by atoms with Crippen molar-refractivity contribution in [3.05, 3.63) is 18.3 Å². The van der Waals surface area contributed by atoms with Crippen LogP contribution in [0.3, 0.4) is 0 Å². The molecular formula is C17H29N3O4. The number of nitrogens with two attached hydrogens (primary N) is 1. The Morgan fingerprint density at radius 1 is 1.29 bits per heavy atom. The van der Waals surface area contributed by atoms with Crippen molar-refractivity contribution in [3.8, 4) is 5.88 Å². The molecule has 1 saturated carbocycles. The number of pyridine rings is 1. The summed E-state index contributed by atoms with van der Waals surface area (Å²) in [5, 5.41) is 0. The lowest BCUT2D eigenvalue weighted by atomic mass is 9.98. The molecule has 136 valence electrons. The molecule has 3 N–H and O–H groups in total. The maximum Gasteiger partial charge on any atom is 0.405 e. The molecule has 1 aromatic heterocycles. The zero-order valence-electron chi connectivity index (χ0n) is 15.0. The van der Waals surface area contributed by atoms with Crippen molar-refractivity contribution < 1.29 is 19.1 Å². The lowest BCUT2D eigenvalue weighted by molar-refractivity contribution is 0.0600. The number of amides is 1. The highest BCUT2D eigenvalue weighted by molar-refractivity contribution is 5.65. The highest BCUT2D eigenvalue weighted by atomic mass is 16.6. The number of aromatic nitrogens is 1. The minimum Gasteiger partial charge on any atom is -0.473 e. The Kier molecular flexibility index (Phi) is 8.32. The summed E-state index contributed by atoms with van der Waals surface area (Å²) in [4.78, 5) is 19.1. The average molecular weight is 339 g/mol. The predicted molar refractivity (Wildman–Crippen MR) is 92.8 cm³/mol. The van der Waals surface area contributed by atoms with Gasteiger partial charge in [-0.1, -0.05) is 6.42 Å². The molecule has 0 saturated heterocycles. The molecule has 1 aliphatic carbocycles. The van der Waals surface area contributed by atoms with Crippen LogP contribution in [-0.2, 0) is 9.57 Å². The number of nitrogens with one attached hydrogen (secondary N) is 1. The van der Waals surface area contributed by atoms with Gasteiger partial charge in [-0.25, -0.2) is 9.78 Å². The molecule has 0 spiro atoms. The summed E-state index contributed by atoms with van der Waals surface area (Å²) in [7, 11) is 1.58. The molecule has 1 fully saturated rings. The molecule has 1 aromatic rings. The smallest absolute Gasteiger partial charge is 0.405 e. The fourth-order valence-corrected chi connectivity index (χ4v) is 2.31. The van der Waals surface area contributed by atoms with Crippen molar-refractivity contribution in [2.45, 2.75) is 64.6 Å². The van der Waals surface area contributed by atoms with E-state index in [2.05, 4.69) is 15.2 Å². The van der Waals surface area contributed by atoms with E-state index in [1.807, 2.05) is 12.1 Å². The molecule has 1 amide bonds. The van der Waals surface area contributed by atoms with Crippen molar-refractivity contribution in [1.29, 1.82) is 0 Å². The van der Waals surface area contributed by atoms with Crippen LogP contribution in [0, 0.1) is 0 Å². The summed E-state index contributed by atoms with van der Waals surface area (Å²) in [5.74, 6) is 0.635. The summed E-state index contributed by atoms with van der Waals surface area (Å²) >= 11 is 0. The number of primary amides is 1. The third kappa shape index (κ3) is 8.57. The first-order valence-corrected chi connectivity index (χ1v) is 8.21. The molecule has 2 rings (SSSR count). The molecule has 0 bridgehead atoms. The quantitative estimate of drug-likeness (QED) is 0.813. The first kappa shape index (κ1) is 20.0. The zero-order valence-corrected chi connectivity index (χ0v) is 15.0. The minimum absolute atomic E-state index is 0.307. The third-order valence-corrected chi connectivity index (χ3v) is 3.22. The van der Waals surface area contributed by atoms with Gasteiger partial charge in [0.2, 0.25) is 5.88 Å². The minimum atomic E-state index is -0.725. The summed E-state index contributed by atoms with van der Waals surface area (Å²) < 4.78 is 10.5. The number of hydrogen-bond donors (Lipinski definition) is 2. The van der Waals surface area contributed by atoms with Gasteiger partial charge in [0.05, 0.1) is 7.11 Å². The second-order valence-electron chi connectivity index (χ2n) is 6.57. The SMILES string of the molecule is CC(C)(C)OC(N)=O.CONc1cccnc1OC1CCCCC1. The lowest BCUT2D eigenvalue weighted by Crippen LogP contribution is -2.27. The zero-order chi connectivity index (χ0) is 18.0. The molecule has 24 heavy (non-hydrogen) atoms. The monoisotopic (exact) mass is 339 g/mol. The van der Waals surface area contributed by atoms with Crippen LogP contribution in [0.25, 0.3) is 0 Å². The fraction of sp³-hybridized carbons (Fsp3) is 0.647. The predicted octanol–water partition coefficient (Wildman–Crippen LogP) is 3.65. The van der Waals surface area contributed by atoms with Crippen LogP contribution in [0.4, 0.5) is 10.5 Å². The van der Waals surface area contributed by atoms with Crippen LogP contribution >= 0.6 is 0 Å². The molecule has 7 nitrogen and oxygen atoms in total. The molecule has 7 heteroatoms. The Morgan fingerprint density at radius 3 is 2.46 bits per heavy atom. The van der Waals surface area contributed by atoms with Gasteiger partial charge in [0, 0.05) is 6.20 Å². The molecule has 1 heterocycles. The van der Waals surface area contributed by atoms with Crippen molar-refractivity contribution in [1.82, 2.24) is 4.98 Å². The Labute approximate surface area is 143 Å². The van der Waals surface area contributed by atoms with Gasteiger partial charge in [-0.3, -0.25) is 10.3 Å². The number of ether oxygens (including phenoxy) is 2. The highest BCUT2D eigenvalue weighted by Gasteiger charge is 2.17. The van der Waals surface area contributed by atoms with Gasteiger partial charge >= 0.3 is 6.09 Å². The van der Waals surface area contributed by atoms with E-state index in [9.17, 15) is 4.79 Å². The molecule has 0 radical (unpaired) electrons. The number of nitrogens with zero attached hydrogens (tertiary/aromatic N) is 1. The largest absolute Gasteiger partial charge is 0.473 e. The van der Waals surface area contributed by atoms with Gasteiger partial charge in [0.25, 0.3) is 0 Å². The van der Waals surface area contributed by atoms with E-state index in [4.69, 9.17) is 15.3 Å². The summed E-state index contributed by atoms with van der Waals surface area (Å²) in [6.45, 7) is 5.28. The molecule has 0 atom stereocenters. The Balaban J connectivity index is 0.000000307. The van der Waals surface area contributed by atoms with Crippen molar-refractivity contribution in [2.24, 2.45) is 5.73 Å². The Morgan fingerprint density at radius 2 is 1.96 bits per heavy atom. The molecule has 1 aliphatic rings. The first-order chi connectivity index (χ1) is 11.3. The van der Waals surface area contributed by atoms with Gasteiger partial charge in [-0.05, 0) is 58.6 Å². The highest BCUT2D eigenvalue weighted by Crippen LogP contribution is 2.26. The van der Waals surface area contributed by atoms with E-state index < -0.39 is 11.7 Å². The maximum atomic E-state index is 10.0. The van der Waals surface area contributed by atoms with Crippen molar-refractivity contribution in [2.75, 3.05) is 12.6 Å². The van der Waals surface area contributed by atoms with Gasteiger partial charge in [0.15, 0.2) is 0 Å². The average Bonchev–Trinajstić information content (AvgIpc) is 2.49. The molecule has 0 aliphatic heterocycles. The fourth-order valence-electron chi connectivity index (χ4n) is 2.31. The second-order valence-corrected chi connectivity index (χ2v) is 6.57. The van der Waals surface area contributed by atoms with Crippen molar-refractivity contribution >= 4 is 11.8 Å². The summed E-state index contributed by atoms with van der Waals surface area (Å²) in [6, 6.07) is 3.75. The van der Waals surface area contributed by atoms with Crippen LogP contribution in [0.2, 0.25) is 0 Å². The number of anilines is 1. The summed E-state index contributed by atoms with van der Waals surface area (Å²) in [6.07, 6.45) is 7.41. The molecule has 0 aromatic carbocycles. The number of hydrogen-bond acceptors (Lipinski definition) is 6. The maximum absolute atomic E-state index is 10.0. The molecular weight excluding hydrogens is 310 g/mol. The van der Waals surface area contributed by atoms with Gasteiger partial charge in [0.1, 0.15) is 17.4 Å².